The van der Waals surface area contributed by atoms with Crippen LogP contribution in [0.2, 0.25) is 0 Å². The quantitative estimate of drug-likeness (QED) is 0.548. The summed E-state index contributed by atoms with van der Waals surface area (Å²) in [6, 6.07) is 0. The molecule has 3 rings (SSSR count). The van der Waals surface area contributed by atoms with Gasteiger partial charge in [-0.05, 0) is 41.4 Å². The van der Waals surface area contributed by atoms with Gasteiger partial charge in [-0.3, -0.25) is 0 Å². The SMILES string of the molecule is C=C1C=C[C@@]2(C)CCCC(C)(C)C23CC13. The van der Waals surface area contributed by atoms with Crippen LogP contribution >= 0.6 is 0 Å². The second-order valence-electron chi connectivity index (χ2n) is 6.79. The average Bonchev–Trinajstić information content (AvgIpc) is 2.88. The molecule has 0 aromatic carbocycles. The Morgan fingerprint density at radius 3 is 2.73 bits per heavy atom. The molecular weight excluding hydrogens is 180 g/mol. The first-order chi connectivity index (χ1) is 6.93. The van der Waals surface area contributed by atoms with Crippen molar-refractivity contribution < 1.29 is 0 Å². The van der Waals surface area contributed by atoms with Gasteiger partial charge < -0.3 is 0 Å². The van der Waals surface area contributed by atoms with Gasteiger partial charge in [-0.25, -0.2) is 0 Å². The maximum absolute atomic E-state index is 4.23. The molecule has 3 aliphatic carbocycles. The Balaban J connectivity index is 2.14. The van der Waals surface area contributed by atoms with Gasteiger partial charge in [0.1, 0.15) is 0 Å². The minimum Gasteiger partial charge on any atom is -0.0955 e. The summed E-state index contributed by atoms with van der Waals surface area (Å²) in [6.07, 6.45) is 10.4. The second-order valence-corrected chi connectivity index (χ2v) is 6.79. The van der Waals surface area contributed by atoms with Crippen molar-refractivity contribution in [2.75, 3.05) is 0 Å². The van der Waals surface area contributed by atoms with E-state index in [1.165, 1.54) is 31.3 Å². The molecule has 2 fully saturated rings. The third kappa shape index (κ3) is 0.898. The van der Waals surface area contributed by atoms with Crippen LogP contribution in [0.3, 0.4) is 0 Å². The average molecular weight is 202 g/mol. The van der Waals surface area contributed by atoms with Crippen LogP contribution in [-0.4, -0.2) is 0 Å². The Bertz CT molecular complexity index is 360. The molecular formula is C15H22. The van der Waals surface area contributed by atoms with E-state index in [4.69, 9.17) is 0 Å². The van der Waals surface area contributed by atoms with Crippen molar-refractivity contribution in [1.29, 1.82) is 0 Å². The van der Waals surface area contributed by atoms with Crippen LogP contribution in [0.25, 0.3) is 0 Å². The van der Waals surface area contributed by atoms with Crippen molar-refractivity contribution in [2.45, 2.75) is 46.5 Å². The van der Waals surface area contributed by atoms with Crippen LogP contribution in [0.1, 0.15) is 46.5 Å². The molecule has 0 radical (unpaired) electrons. The molecule has 1 spiro atoms. The molecule has 0 saturated heterocycles. The summed E-state index contributed by atoms with van der Waals surface area (Å²) in [4.78, 5) is 0. The van der Waals surface area contributed by atoms with Crippen LogP contribution in [0.15, 0.2) is 24.3 Å². The van der Waals surface area contributed by atoms with Gasteiger partial charge >= 0.3 is 0 Å². The van der Waals surface area contributed by atoms with Crippen molar-refractivity contribution in [2.24, 2.45) is 22.2 Å². The van der Waals surface area contributed by atoms with Crippen molar-refractivity contribution in [3.05, 3.63) is 24.3 Å². The summed E-state index contributed by atoms with van der Waals surface area (Å²) >= 11 is 0. The third-order valence-electron chi connectivity index (χ3n) is 5.80. The van der Waals surface area contributed by atoms with Crippen LogP contribution < -0.4 is 0 Å². The molecule has 0 nitrogen and oxygen atoms in total. The first kappa shape index (κ1) is 9.69. The van der Waals surface area contributed by atoms with Gasteiger partial charge in [-0.15, -0.1) is 0 Å². The lowest BCUT2D eigenvalue weighted by Crippen LogP contribution is -2.45. The van der Waals surface area contributed by atoms with E-state index in [0.29, 0.717) is 16.2 Å². The van der Waals surface area contributed by atoms with Crippen molar-refractivity contribution >= 4 is 0 Å². The van der Waals surface area contributed by atoms with Gasteiger partial charge in [0.05, 0.1) is 0 Å². The molecule has 0 bridgehead atoms. The first-order valence-corrected chi connectivity index (χ1v) is 6.31. The van der Waals surface area contributed by atoms with Crippen molar-refractivity contribution in [1.82, 2.24) is 0 Å². The molecule has 82 valence electrons. The van der Waals surface area contributed by atoms with E-state index < -0.39 is 0 Å². The van der Waals surface area contributed by atoms with Crippen LogP contribution in [-0.2, 0) is 0 Å². The Labute approximate surface area is 93.5 Å². The first-order valence-electron chi connectivity index (χ1n) is 6.31. The summed E-state index contributed by atoms with van der Waals surface area (Å²) in [6.45, 7) is 11.7. The normalized spacial score (nSPS) is 50.9. The monoisotopic (exact) mass is 202 g/mol. The zero-order valence-corrected chi connectivity index (χ0v) is 10.3. The number of hydrogen-bond donors (Lipinski definition) is 0. The van der Waals surface area contributed by atoms with Crippen LogP contribution in [0.5, 0.6) is 0 Å². The van der Waals surface area contributed by atoms with E-state index in [1.54, 1.807) is 0 Å². The van der Waals surface area contributed by atoms with E-state index in [-0.39, 0.29) is 0 Å². The molecule has 0 heteroatoms. The van der Waals surface area contributed by atoms with Crippen molar-refractivity contribution in [3.63, 3.8) is 0 Å². The van der Waals surface area contributed by atoms with E-state index in [9.17, 15) is 0 Å². The second kappa shape index (κ2) is 2.42. The smallest absolute Gasteiger partial charge is 0.00757 e. The topological polar surface area (TPSA) is 0 Å². The fourth-order valence-electron chi connectivity index (χ4n) is 4.85. The Morgan fingerprint density at radius 1 is 1.27 bits per heavy atom. The van der Waals surface area contributed by atoms with E-state index in [2.05, 4.69) is 39.5 Å². The summed E-state index contributed by atoms with van der Waals surface area (Å²) in [7, 11) is 0. The molecule has 15 heavy (non-hydrogen) atoms. The van der Waals surface area contributed by atoms with Gasteiger partial charge in [0.25, 0.3) is 0 Å². The summed E-state index contributed by atoms with van der Waals surface area (Å²) in [5.74, 6) is 0.794. The summed E-state index contributed by atoms with van der Waals surface area (Å²) < 4.78 is 0. The molecule has 2 saturated carbocycles. The van der Waals surface area contributed by atoms with Gasteiger partial charge in [0.15, 0.2) is 0 Å². The highest BCUT2D eigenvalue weighted by Crippen LogP contribution is 2.79. The lowest BCUT2D eigenvalue weighted by Gasteiger charge is -2.53. The maximum Gasteiger partial charge on any atom is -0.00757 e. The molecule has 3 aliphatic rings. The zero-order chi connectivity index (χ0) is 10.9. The van der Waals surface area contributed by atoms with Gasteiger partial charge in [0, 0.05) is 0 Å². The third-order valence-corrected chi connectivity index (χ3v) is 5.80. The minimum atomic E-state index is 0.459. The predicted molar refractivity (Wildman–Crippen MR) is 64.6 cm³/mol. The van der Waals surface area contributed by atoms with E-state index in [0.717, 1.165) is 5.92 Å². The number of allylic oxidation sites excluding steroid dienone is 3. The Morgan fingerprint density at radius 2 is 2.00 bits per heavy atom. The lowest BCUT2D eigenvalue weighted by atomic mass is 9.51. The predicted octanol–water partition coefficient (Wildman–Crippen LogP) is 4.34. The van der Waals surface area contributed by atoms with Gasteiger partial charge in [-0.2, -0.15) is 0 Å². The molecule has 0 N–H and O–H groups in total. The molecule has 0 aromatic heterocycles. The van der Waals surface area contributed by atoms with Crippen LogP contribution in [0, 0.1) is 22.2 Å². The zero-order valence-electron chi connectivity index (χ0n) is 10.3. The number of hydrogen-bond acceptors (Lipinski definition) is 0. The molecule has 2 unspecified atom stereocenters. The largest absolute Gasteiger partial charge is 0.0955 e. The fourth-order valence-corrected chi connectivity index (χ4v) is 4.85. The highest BCUT2D eigenvalue weighted by molar-refractivity contribution is 5.41. The highest BCUT2D eigenvalue weighted by Gasteiger charge is 2.72. The highest BCUT2D eigenvalue weighted by atomic mass is 14.8. The molecule has 0 heterocycles. The lowest BCUT2D eigenvalue weighted by molar-refractivity contribution is -0.00200. The summed E-state index contributed by atoms with van der Waals surface area (Å²) in [5, 5.41) is 0. The maximum atomic E-state index is 4.23. The Kier molecular flexibility index (Phi) is 1.56. The van der Waals surface area contributed by atoms with E-state index in [1.807, 2.05) is 0 Å². The molecule has 0 aliphatic heterocycles. The minimum absolute atomic E-state index is 0.459. The van der Waals surface area contributed by atoms with Crippen molar-refractivity contribution in [3.8, 4) is 0 Å². The molecule has 0 amide bonds. The van der Waals surface area contributed by atoms with Gasteiger partial charge in [0.2, 0.25) is 0 Å². The number of rotatable bonds is 0. The van der Waals surface area contributed by atoms with Crippen LogP contribution in [0.4, 0.5) is 0 Å². The van der Waals surface area contributed by atoms with E-state index >= 15 is 0 Å². The standard InChI is InChI=1S/C15H22/c1-11-6-9-14(4)8-5-7-13(2,3)15(14)10-12(11)15/h6,9,12H,1,5,7-8,10H2,2-4H3/t12?,14-,15?/m1/s1. The molecule has 3 atom stereocenters. The fraction of sp³-hybridized carbons (Fsp3) is 0.733. The Hall–Kier alpha value is -0.520. The summed E-state index contributed by atoms with van der Waals surface area (Å²) in [5.41, 5.74) is 2.92. The molecule has 0 aromatic rings. The van der Waals surface area contributed by atoms with Gasteiger partial charge in [-0.1, -0.05) is 51.5 Å².